The van der Waals surface area contributed by atoms with Gasteiger partial charge in [0.15, 0.2) is 0 Å². The molecule has 2 aromatic heterocycles. The first-order chi connectivity index (χ1) is 8.84. The second-order valence-corrected chi connectivity index (χ2v) is 4.57. The highest BCUT2D eigenvalue weighted by Gasteiger charge is 2.39. The smallest absolute Gasteiger partial charge is 0.234 e. The van der Waals surface area contributed by atoms with Gasteiger partial charge in [-0.25, -0.2) is 4.98 Å². The number of hydrogen-bond donors (Lipinski definition) is 1. The van der Waals surface area contributed by atoms with Crippen LogP contribution in [0.15, 0.2) is 23.1 Å². The summed E-state index contributed by atoms with van der Waals surface area (Å²) in [5.74, 6) is 1.22. The summed E-state index contributed by atoms with van der Waals surface area (Å²) < 4.78 is 5.43. The maximum absolute atomic E-state index is 5.43. The van der Waals surface area contributed by atoms with Crippen LogP contribution in [0.1, 0.15) is 25.7 Å². The highest BCUT2D eigenvalue weighted by atomic mass is 16.5. The zero-order valence-corrected chi connectivity index (χ0v) is 10.3. The molecule has 0 aliphatic carbocycles. The zero-order valence-electron chi connectivity index (χ0n) is 10.3. The quantitative estimate of drug-likeness (QED) is 0.874. The van der Waals surface area contributed by atoms with Crippen molar-refractivity contribution < 1.29 is 4.52 Å². The fourth-order valence-electron chi connectivity index (χ4n) is 2.34. The monoisotopic (exact) mass is 245 g/mol. The maximum atomic E-state index is 5.43. The van der Waals surface area contributed by atoms with Gasteiger partial charge in [0.05, 0.1) is 11.6 Å². The van der Waals surface area contributed by atoms with E-state index in [9.17, 15) is 0 Å². The van der Waals surface area contributed by atoms with E-state index >= 15 is 0 Å². The largest absolute Gasteiger partial charge is 0.338 e. The summed E-state index contributed by atoms with van der Waals surface area (Å²) in [7, 11) is 0. The summed E-state index contributed by atoms with van der Waals surface area (Å²) in [6, 6.07) is 0. The third-order valence-electron chi connectivity index (χ3n) is 3.59. The van der Waals surface area contributed by atoms with Crippen molar-refractivity contribution in [2.24, 2.45) is 0 Å². The second kappa shape index (κ2) is 4.45. The fourth-order valence-corrected chi connectivity index (χ4v) is 2.34. The highest BCUT2D eigenvalue weighted by molar-refractivity contribution is 5.45. The zero-order chi connectivity index (χ0) is 12.4. The van der Waals surface area contributed by atoms with Gasteiger partial charge < -0.3 is 9.84 Å². The van der Waals surface area contributed by atoms with E-state index in [2.05, 4.69) is 32.3 Å². The SMILES string of the molecule is CCC1(c2nc(-c3cnccn3)no2)CCNC1. The van der Waals surface area contributed by atoms with Crippen molar-refractivity contribution >= 4 is 0 Å². The van der Waals surface area contributed by atoms with Crippen LogP contribution in [-0.4, -0.2) is 33.2 Å². The molecule has 3 heterocycles. The molecule has 0 aromatic carbocycles. The predicted molar refractivity (Wildman–Crippen MR) is 64.8 cm³/mol. The topological polar surface area (TPSA) is 76.7 Å². The molecule has 1 fully saturated rings. The fraction of sp³-hybridized carbons (Fsp3) is 0.500. The molecule has 18 heavy (non-hydrogen) atoms. The normalized spacial score (nSPS) is 23.4. The minimum Gasteiger partial charge on any atom is -0.338 e. The van der Waals surface area contributed by atoms with E-state index in [1.54, 1.807) is 18.6 Å². The number of aromatic nitrogens is 4. The Morgan fingerprint density at radius 3 is 3.06 bits per heavy atom. The van der Waals surface area contributed by atoms with E-state index in [-0.39, 0.29) is 5.41 Å². The van der Waals surface area contributed by atoms with Crippen molar-refractivity contribution in [3.63, 3.8) is 0 Å². The van der Waals surface area contributed by atoms with Crippen LogP contribution in [0.2, 0.25) is 0 Å². The summed E-state index contributed by atoms with van der Waals surface area (Å²) in [4.78, 5) is 12.7. The van der Waals surface area contributed by atoms with Gasteiger partial charge in [-0.1, -0.05) is 12.1 Å². The lowest BCUT2D eigenvalue weighted by atomic mass is 9.84. The molecule has 1 atom stereocenters. The van der Waals surface area contributed by atoms with Crippen molar-refractivity contribution in [1.82, 2.24) is 25.4 Å². The van der Waals surface area contributed by atoms with Gasteiger partial charge in [-0.05, 0) is 19.4 Å². The lowest BCUT2D eigenvalue weighted by Crippen LogP contribution is -2.28. The van der Waals surface area contributed by atoms with Crippen molar-refractivity contribution in [2.75, 3.05) is 13.1 Å². The van der Waals surface area contributed by atoms with Gasteiger partial charge in [0.1, 0.15) is 5.69 Å². The van der Waals surface area contributed by atoms with E-state index in [4.69, 9.17) is 4.52 Å². The van der Waals surface area contributed by atoms with E-state index < -0.39 is 0 Å². The molecule has 0 bridgehead atoms. The molecular weight excluding hydrogens is 230 g/mol. The molecule has 1 unspecified atom stereocenters. The molecule has 0 radical (unpaired) electrons. The number of nitrogens with one attached hydrogen (secondary N) is 1. The number of rotatable bonds is 3. The Balaban J connectivity index is 1.94. The van der Waals surface area contributed by atoms with Gasteiger partial charge in [-0.3, -0.25) is 4.98 Å². The first-order valence-electron chi connectivity index (χ1n) is 6.15. The van der Waals surface area contributed by atoms with E-state index in [0.717, 1.165) is 25.9 Å². The molecule has 3 rings (SSSR count). The van der Waals surface area contributed by atoms with Gasteiger partial charge in [-0.2, -0.15) is 4.98 Å². The summed E-state index contributed by atoms with van der Waals surface area (Å²) in [5, 5.41) is 7.36. The summed E-state index contributed by atoms with van der Waals surface area (Å²) in [6.45, 7) is 4.04. The van der Waals surface area contributed by atoms with Crippen LogP contribution in [0, 0.1) is 0 Å². The molecule has 6 heteroatoms. The van der Waals surface area contributed by atoms with E-state index in [1.165, 1.54) is 0 Å². The molecule has 0 amide bonds. The molecule has 6 nitrogen and oxygen atoms in total. The minimum absolute atomic E-state index is 0.0204. The van der Waals surface area contributed by atoms with Crippen molar-refractivity contribution in [2.45, 2.75) is 25.2 Å². The first kappa shape index (κ1) is 11.3. The standard InChI is InChI=1S/C12H15N5O/c1-2-12(3-4-14-8-12)11-16-10(17-18-11)9-7-13-5-6-15-9/h5-7,14H,2-4,8H2,1H3. The van der Waals surface area contributed by atoms with Crippen LogP contribution in [-0.2, 0) is 5.41 Å². The van der Waals surface area contributed by atoms with Crippen molar-refractivity contribution in [1.29, 1.82) is 0 Å². The van der Waals surface area contributed by atoms with Gasteiger partial charge >= 0.3 is 0 Å². The summed E-state index contributed by atoms with van der Waals surface area (Å²) in [5.41, 5.74) is 0.623. The average Bonchev–Trinajstić information content (AvgIpc) is 3.09. The summed E-state index contributed by atoms with van der Waals surface area (Å²) in [6.07, 6.45) is 6.91. The van der Waals surface area contributed by atoms with Gasteiger partial charge in [0.25, 0.3) is 0 Å². The lowest BCUT2D eigenvalue weighted by molar-refractivity contribution is 0.285. The number of hydrogen-bond acceptors (Lipinski definition) is 6. The van der Waals surface area contributed by atoms with E-state index in [1.807, 2.05) is 0 Å². The van der Waals surface area contributed by atoms with Gasteiger partial charge in [0.2, 0.25) is 11.7 Å². The molecule has 2 aromatic rings. The van der Waals surface area contributed by atoms with Gasteiger partial charge in [0, 0.05) is 18.9 Å². The first-order valence-corrected chi connectivity index (χ1v) is 6.15. The van der Waals surface area contributed by atoms with Crippen LogP contribution in [0.3, 0.4) is 0 Å². The Bertz CT molecular complexity index is 518. The van der Waals surface area contributed by atoms with Crippen LogP contribution in [0.25, 0.3) is 11.5 Å². The highest BCUT2D eigenvalue weighted by Crippen LogP contribution is 2.33. The van der Waals surface area contributed by atoms with Crippen LogP contribution in [0.4, 0.5) is 0 Å². The predicted octanol–water partition coefficient (Wildman–Crippen LogP) is 1.17. The molecule has 1 saturated heterocycles. The summed E-state index contributed by atoms with van der Waals surface area (Å²) >= 11 is 0. The van der Waals surface area contributed by atoms with Crippen molar-refractivity contribution in [3.05, 3.63) is 24.5 Å². The molecular formula is C12H15N5O. The Kier molecular flexibility index (Phi) is 2.79. The Morgan fingerprint density at radius 2 is 2.39 bits per heavy atom. The van der Waals surface area contributed by atoms with Crippen LogP contribution >= 0.6 is 0 Å². The Morgan fingerprint density at radius 1 is 1.44 bits per heavy atom. The molecule has 94 valence electrons. The Labute approximate surface area is 105 Å². The molecule has 0 saturated carbocycles. The molecule has 1 N–H and O–H groups in total. The molecule has 1 aliphatic heterocycles. The average molecular weight is 245 g/mol. The van der Waals surface area contributed by atoms with Crippen LogP contribution in [0.5, 0.6) is 0 Å². The van der Waals surface area contributed by atoms with Gasteiger partial charge in [-0.15, -0.1) is 0 Å². The lowest BCUT2D eigenvalue weighted by Gasteiger charge is -2.20. The molecule has 0 spiro atoms. The van der Waals surface area contributed by atoms with Crippen molar-refractivity contribution in [3.8, 4) is 11.5 Å². The molecule has 1 aliphatic rings. The minimum atomic E-state index is -0.0204. The van der Waals surface area contributed by atoms with Crippen LogP contribution < -0.4 is 5.32 Å². The van der Waals surface area contributed by atoms with E-state index in [0.29, 0.717) is 17.4 Å². The Hall–Kier alpha value is -1.82. The third kappa shape index (κ3) is 1.78. The third-order valence-corrected chi connectivity index (χ3v) is 3.59. The maximum Gasteiger partial charge on any atom is 0.234 e. The second-order valence-electron chi connectivity index (χ2n) is 4.57. The number of nitrogens with zero attached hydrogens (tertiary/aromatic N) is 4.